The number of nitrogens with one attached hydrogen (secondary N) is 1. The highest BCUT2D eigenvalue weighted by Gasteiger charge is 2.24. The molecule has 1 saturated carbocycles. The van der Waals surface area contributed by atoms with Gasteiger partial charge in [-0.15, -0.1) is 0 Å². The molecule has 0 heterocycles. The van der Waals surface area contributed by atoms with Crippen LogP contribution in [0.2, 0.25) is 0 Å². The van der Waals surface area contributed by atoms with Gasteiger partial charge >= 0.3 is 0 Å². The first kappa shape index (κ1) is 9.48. The van der Waals surface area contributed by atoms with Crippen LogP contribution in [0.25, 0.3) is 0 Å². The third kappa shape index (κ3) is 2.46. The van der Waals surface area contributed by atoms with E-state index in [0.29, 0.717) is 6.42 Å². The predicted molar refractivity (Wildman–Crippen MR) is 45.4 cm³/mol. The summed E-state index contributed by atoms with van der Waals surface area (Å²) in [5.41, 5.74) is 5.37. The highest BCUT2D eigenvalue weighted by atomic mass is 16.3. The van der Waals surface area contributed by atoms with Crippen LogP contribution >= 0.6 is 0 Å². The second-order valence-electron chi connectivity index (χ2n) is 3.46. The molecule has 1 fully saturated rings. The summed E-state index contributed by atoms with van der Waals surface area (Å²) >= 11 is 0. The molecule has 1 aliphatic carbocycles. The lowest BCUT2D eigenvalue weighted by Crippen LogP contribution is -2.43. The summed E-state index contributed by atoms with van der Waals surface area (Å²) in [5.74, 6) is -0.130. The fourth-order valence-corrected chi connectivity index (χ4v) is 1.42. The summed E-state index contributed by atoms with van der Waals surface area (Å²) < 4.78 is 0. The van der Waals surface area contributed by atoms with Gasteiger partial charge in [-0.25, -0.2) is 0 Å². The van der Waals surface area contributed by atoms with E-state index in [1.807, 2.05) is 0 Å². The number of aliphatic hydroxyl groups excluding tert-OH is 1. The van der Waals surface area contributed by atoms with Crippen LogP contribution in [0.5, 0.6) is 0 Å². The third-order valence-electron chi connectivity index (χ3n) is 2.16. The largest absolute Gasteiger partial charge is 0.393 e. The van der Waals surface area contributed by atoms with Gasteiger partial charge < -0.3 is 16.2 Å². The van der Waals surface area contributed by atoms with Crippen LogP contribution in [0, 0.1) is 0 Å². The van der Waals surface area contributed by atoms with Gasteiger partial charge in [0.2, 0.25) is 5.91 Å². The number of hydrogen-bond donors (Lipinski definition) is 3. The van der Waals surface area contributed by atoms with Gasteiger partial charge in [-0.05, 0) is 26.2 Å². The molecule has 0 aromatic carbocycles. The maximum Gasteiger partial charge on any atom is 0.236 e. The topological polar surface area (TPSA) is 75.4 Å². The Morgan fingerprint density at radius 3 is 2.75 bits per heavy atom. The first-order valence-corrected chi connectivity index (χ1v) is 4.33. The van der Waals surface area contributed by atoms with E-state index < -0.39 is 6.04 Å². The molecular weight excluding hydrogens is 156 g/mol. The minimum absolute atomic E-state index is 0.124. The molecule has 0 unspecified atom stereocenters. The minimum Gasteiger partial charge on any atom is -0.393 e. The molecule has 1 amide bonds. The van der Waals surface area contributed by atoms with Crippen molar-refractivity contribution in [1.82, 2.24) is 5.32 Å². The van der Waals surface area contributed by atoms with Crippen LogP contribution in [0.3, 0.4) is 0 Å². The minimum atomic E-state index is -0.456. The number of carbonyl (C=O) groups is 1. The monoisotopic (exact) mass is 172 g/mol. The molecular formula is C8H16N2O2. The van der Waals surface area contributed by atoms with E-state index in [0.717, 1.165) is 12.8 Å². The summed E-state index contributed by atoms with van der Waals surface area (Å²) in [6, 6.07) is -0.332. The van der Waals surface area contributed by atoms with Crippen molar-refractivity contribution in [2.75, 3.05) is 0 Å². The maximum atomic E-state index is 11.1. The van der Waals surface area contributed by atoms with Crippen molar-refractivity contribution in [3.63, 3.8) is 0 Å². The lowest BCUT2D eigenvalue weighted by atomic mass is 10.2. The van der Waals surface area contributed by atoms with Gasteiger partial charge in [0.05, 0.1) is 12.1 Å². The van der Waals surface area contributed by atoms with E-state index in [2.05, 4.69) is 5.32 Å². The summed E-state index contributed by atoms with van der Waals surface area (Å²) in [6.07, 6.45) is 2.06. The Kier molecular flexibility index (Phi) is 3.05. The van der Waals surface area contributed by atoms with Crippen LogP contribution < -0.4 is 11.1 Å². The van der Waals surface area contributed by atoms with Gasteiger partial charge in [0.1, 0.15) is 0 Å². The van der Waals surface area contributed by atoms with Gasteiger partial charge in [-0.1, -0.05) is 0 Å². The Bertz CT molecular complexity index is 170. The molecule has 0 radical (unpaired) electrons. The van der Waals surface area contributed by atoms with Crippen molar-refractivity contribution < 1.29 is 9.90 Å². The van der Waals surface area contributed by atoms with Gasteiger partial charge in [0, 0.05) is 6.04 Å². The quantitative estimate of drug-likeness (QED) is 0.519. The molecule has 12 heavy (non-hydrogen) atoms. The van der Waals surface area contributed by atoms with Gasteiger partial charge in [-0.3, -0.25) is 4.79 Å². The van der Waals surface area contributed by atoms with E-state index in [1.165, 1.54) is 0 Å². The highest BCUT2D eigenvalue weighted by molar-refractivity contribution is 5.81. The Hall–Kier alpha value is -0.610. The molecule has 1 rings (SSSR count). The van der Waals surface area contributed by atoms with E-state index in [-0.39, 0.29) is 18.1 Å². The zero-order valence-corrected chi connectivity index (χ0v) is 7.29. The van der Waals surface area contributed by atoms with Crippen molar-refractivity contribution in [1.29, 1.82) is 0 Å². The van der Waals surface area contributed by atoms with Crippen molar-refractivity contribution >= 4 is 5.91 Å². The van der Waals surface area contributed by atoms with Crippen molar-refractivity contribution in [3.8, 4) is 0 Å². The first-order valence-electron chi connectivity index (χ1n) is 4.33. The number of aliphatic hydroxyl groups is 1. The average molecular weight is 172 g/mol. The van der Waals surface area contributed by atoms with Gasteiger partial charge in [0.15, 0.2) is 0 Å². The Balaban J connectivity index is 2.28. The normalized spacial score (nSPS) is 31.6. The Labute approximate surface area is 72.1 Å². The Morgan fingerprint density at radius 1 is 1.67 bits per heavy atom. The zero-order valence-electron chi connectivity index (χ0n) is 7.29. The molecule has 0 bridgehead atoms. The SMILES string of the molecule is C[C@@H](N)C(=O)N[C@@H]1CC[C@H](O)C1. The molecule has 4 heteroatoms. The second kappa shape index (κ2) is 3.87. The summed E-state index contributed by atoms with van der Waals surface area (Å²) in [4.78, 5) is 11.1. The van der Waals surface area contributed by atoms with E-state index in [9.17, 15) is 4.79 Å². The summed E-state index contributed by atoms with van der Waals surface area (Å²) in [7, 11) is 0. The molecule has 0 saturated heterocycles. The summed E-state index contributed by atoms with van der Waals surface area (Å²) in [5, 5.41) is 12.0. The van der Waals surface area contributed by atoms with Gasteiger partial charge in [-0.2, -0.15) is 0 Å². The number of rotatable bonds is 2. The van der Waals surface area contributed by atoms with Crippen LogP contribution in [0.15, 0.2) is 0 Å². The molecule has 0 aliphatic heterocycles. The van der Waals surface area contributed by atoms with Crippen LogP contribution in [-0.2, 0) is 4.79 Å². The predicted octanol–water partition coefficient (Wildman–Crippen LogP) is -0.637. The standard InChI is InChI=1S/C8H16N2O2/c1-5(9)8(12)10-6-2-3-7(11)4-6/h5-7,11H,2-4,9H2,1H3,(H,10,12)/t5-,6-,7+/m1/s1. The lowest BCUT2D eigenvalue weighted by Gasteiger charge is -2.13. The fraction of sp³-hybridized carbons (Fsp3) is 0.875. The molecule has 0 aromatic rings. The molecule has 0 aromatic heterocycles. The van der Waals surface area contributed by atoms with Crippen LogP contribution in [0.1, 0.15) is 26.2 Å². The molecule has 3 atom stereocenters. The summed E-state index contributed by atoms with van der Waals surface area (Å²) in [6.45, 7) is 1.65. The number of amides is 1. The van der Waals surface area contributed by atoms with Gasteiger partial charge in [0.25, 0.3) is 0 Å². The van der Waals surface area contributed by atoms with E-state index in [1.54, 1.807) is 6.92 Å². The maximum absolute atomic E-state index is 11.1. The molecule has 4 nitrogen and oxygen atoms in total. The highest BCUT2D eigenvalue weighted by Crippen LogP contribution is 2.18. The third-order valence-corrected chi connectivity index (χ3v) is 2.16. The second-order valence-corrected chi connectivity index (χ2v) is 3.46. The molecule has 0 spiro atoms. The lowest BCUT2D eigenvalue weighted by molar-refractivity contribution is -0.122. The fourth-order valence-electron chi connectivity index (χ4n) is 1.42. The van der Waals surface area contributed by atoms with Crippen molar-refractivity contribution in [2.45, 2.75) is 44.4 Å². The van der Waals surface area contributed by atoms with Crippen molar-refractivity contribution in [3.05, 3.63) is 0 Å². The van der Waals surface area contributed by atoms with Crippen molar-refractivity contribution in [2.24, 2.45) is 5.73 Å². The van der Waals surface area contributed by atoms with E-state index in [4.69, 9.17) is 10.8 Å². The average Bonchev–Trinajstić information content (AvgIpc) is 2.35. The van der Waals surface area contributed by atoms with E-state index >= 15 is 0 Å². The smallest absolute Gasteiger partial charge is 0.236 e. The number of nitrogens with two attached hydrogens (primary N) is 1. The zero-order chi connectivity index (χ0) is 9.14. The molecule has 1 aliphatic rings. The first-order chi connectivity index (χ1) is 5.59. The Morgan fingerprint density at radius 2 is 2.33 bits per heavy atom. The molecule has 70 valence electrons. The molecule has 4 N–H and O–H groups in total. The number of hydrogen-bond acceptors (Lipinski definition) is 3. The number of carbonyl (C=O) groups excluding carboxylic acids is 1. The van der Waals surface area contributed by atoms with Crippen LogP contribution in [-0.4, -0.2) is 29.2 Å². The van der Waals surface area contributed by atoms with Crippen LogP contribution in [0.4, 0.5) is 0 Å².